The summed E-state index contributed by atoms with van der Waals surface area (Å²) in [5.41, 5.74) is -1.64. The van der Waals surface area contributed by atoms with Crippen LogP contribution in [0.1, 0.15) is 40.0 Å². The van der Waals surface area contributed by atoms with Gasteiger partial charge in [0.05, 0.1) is 17.6 Å². The number of amides is 1. The van der Waals surface area contributed by atoms with Gasteiger partial charge in [-0.15, -0.1) is 0 Å². The van der Waals surface area contributed by atoms with Crippen LogP contribution in [0.25, 0.3) is 0 Å². The predicted octanol–water partition coefficient (Wildman–Crippen LogP) is 1.65. The average molecular weight is 273 g/mol. The minimum Gasteiger partial charge on any atom is -0.316 e. The number of ketones is 1. The number of nitriles is 2. The van der Waals surface area contributed by atoms with Gasteiger partial charge in [-0.05, 0) is 18.3 Å². The fraction of sp³-hybridized carbons (Fsp3) is 0.733. The average Bonchev–Trinajstić information content (AvgIpc) is 2.68. The zero-order chi connectivity index (χ0) is 15.2. The summed E-state index contributed by atoms with van der Waals surface area (Å²) in [7, 11) is 0. The van der Waals surface area contributed by atoms with Gasteiger partial charge in [0.15, 0.2) is 0 Å². The zero-order valence-electron chi connectivity index (χ0n) is 12.2. The molecule has 20 heavy (non-hydrogen) atoms. The fourth-order valence-electron chi connectivity index (χ4n) is 4.01. The van der Waals surface area contributed by atoms with E-state index >= 15 is 0 Å². The van der Waals surface area contributed by atoms with E-state index in [1.54, 1.807) is 0 Å². The molecular formula is C15H19N3O2. The first-order chi connectivity index (χ1) is 9.27. The minimum absolute atomic E-state index is 0.102. The van der Waals surface area contributed by atoms with Crippen molar-refractivity contribution in [3.8, 4) is 12.1 Å². The molecule has 0 radical (unpaired) electrons. The Bertz CT molecular complexity index is 538. The maximum absolute atomic E-state index is 12.9. The Morgan fingerprint density at radius 3 is 2.10 bits per heavy atom. The Hall–Kier alpha value is -1.88. The second kappa shape index (κ2) is 4.31. The highest BCUT2D eigenvalue weighted by Gasteiger charge is 2.72. The number of carbonyl (C=O) groups excluding carboxylic acids is 2. The van der Waals surface area contributed by atoms with Gasteiger partial charge in [-0.25, -0.2) is 0 Å². The van der Waals surface area contributed by atoms with Crippen LogP contribution in [0.3, 0.4) is 0 Å². The smallest absolute Gasteiger partial charge is 0.231 e. The van der Waals surface area contributed by atoms with E-state index in [0.717, 1.165) is 0 Å². The molecule has 2 atom stereocenters. The lowest BCUT2D eigenvalue weighted by Crippen LogP contribution is -2.49. The summed E-state index contributed by atoms with van der Waals surface area (Å²) in [5.74, 6) is -0.0730. The molecule has 2 bridgehead atoms. The Balaban J connectivity index is 2.42. The maximum Gasteiger partial charge on any atom is 0.231 e. The number of carbonyl (C=O) groups is 2. The van der Waals surface area contributed by atoms with Crippen LogP contribution in [0.15, 0.2) is 0 Å². The van der Waals surface area contributed by atoms with E-state index in [9.17, 15) is 9.59 Å². The van der Waals surface area contributed by atoms with Crippen LogP contribution in [0, 0.1) is 38.9 Å². The van der Waals surface area contributed by atoms with Crippen LogP contribution in [0.5, 0.6) is 0 Å². The molecule has 0 N–H and O–H groups in total. The van der Waals surface area contributed by atoms with E-state index in [1.165, 1.54) is 4.90 Å². The fourth-order valence-corrected chi connectivity index (χ4v) is 4.01. The second-order valence-electron chi connectivity index (χ2n) is 6.62. The van der Waals surface area contributed by atoms with Gasteiger partial charge in [0.25, 0.3) is 0 Å². The first-order valence-corrected chi connectivity index (χ1v) is 6.83. The summed E-state index contributed by atoms with van der Waals surface area (Å²) in [4.78, 5) is 26.5. The van der Waals surface area contributed by atoms with Gasteiger partial charge in [-0.2, -0.15) is 10.5 Å². The lowest BCUT2D eigenvalue weighted by Gasteiger charge is -2.40. The van der Waals surface area contributed by atoms with Crippen molar-refractivity contribution < 1.29 is 9.59 Å². The molecule has 0 unspecified atom stereocenters. The van der Waals surface area contributed by atoms with Crippen LogP contribution in [-0.2, 0) is 9.59 Å². The number of rotatable bonds is 3. The summed E-state index contributed by atoms with van der Waals surface area (Å²) in [6, 6.07) is 3.86. The second-order valence-corrected chi connectivity index (χ2v) is 6.62. The number of hydrogen-bond acceptors (Lipinski definition) is 4. The van der Waals surface area contributed by atoms with Gasteiger partial charge in [0.2, 0.25) is 5.91 Å². The van der Waals surface area contributed by atoms with Gasteiger partial charge in [-0.1, -0.05) is 20.8 Å². The van der Waals surface area contributed by atoms with E-state index in [0.29, 0.717) is 12.8 Å². The molecule has 2 fully saturated rings. The molecule has 106 valence electrons. The normalized spacial score (nSPS) is 33.5. The number of nitrogens with zero attached hydrogens (tertiary/aromatic N) is 3. The highest BCUT2D eigenvalue weighted by Crippen LogP contribution is 2.70. The van der Waals surface area contributed by atoms with Gasteiger partial charge < -0.3 is 4.90 Å². The largest absolute Gasteiger partial charge is 0.316 e. The topological polar surface area (TPSA) is 85.0 Å². The molecule has 0 aliphatic heterocycles. The van der Waals surface area contributed by atoms with E-state index in [1.807, 2.05) is 32.9 Å². The van der Waals surface area contributed by atoms with Crippen LogP contribution in [0.2, 0.25) is 0 Å². The van der Waals surface area contributed by atoms with Crippen LogP contribution in [0.4, 0.5) is 0 Å². The van der Waals surface area contributed by atoms with Crippen molar-refractivity contribution in [1.29, 1.82) is 10.5 Å². The molecule has 2 aliphatic rings. The summed E-state index contributed by atoms with van der Waals surface area (Å²) in [6.45, 7) is 5.68. The van der Waals surface area contributed by atoms with Crippen molar-refractivity contribution in [3.63, 3.8) is 0 Å². The molecule has 1 amide bonds. The van der Waals surface area contributed by atoms with Gasteiger partial charge >= 0.3 is 0 Å². The first-order valence-electron chi connectivity index (χ1n) is 6.83. The molecular weight excluding hydrogens is 254 g/mol. The molecule has 0 aromatic rings. The summed E-state index contributed by atoms with van der Waals surface area (Å²) in [5, 5.41) is 17.7. The van der Waals surface area contributed by atoms with Crippen LogP contribution >= 0.6 is 0 Å². The van der Waals surface area contributed by atoms with Crippen molar-refractivity contribution in [2.45, 2.75) is 40.0 Å². The zero-order valence-corrected chi connectivity index (χ0v) is 12.2. The summed E-state index contributed by atoms with van der Waals surface area (Å²) >= 11 is 0. The molecule has 0 saturated heterocycles. The Kier molecular flexibility index (Phi) is 3.13. The van der Waals surface area contributed by atoms with Crippen molar-refractivity contribution in [2.24, 2.45) is 16.2 Å². The molecule has 2 saturated carbocycles. The third-order valence-electron chi connectivity index (χ3n) is 5.93. The first kappa shape index (κ1) is 14.5. The SMILES string of the molecule is CC1(C)[C@@]2(C(=O)N(CC#N)CC#N)CC[C@]1(C)C(=O)C2. The Labute approximate surface area is 119 Å². The van der Waals surface area contributed by atoms with E-state index in [-0.39, 0.29) is 31.2 Å². The van der Waals surface area contributed by atoms with E-state index in [4.69, 9.17) is 10.5 Å². The molecule has 0 aromatic carbocycles. The number of fused-ring (bicyclic) bond motifs is 2. The van der Waals surface area contributed by atoms with Crippen LogP contribution < -0.4 is 0 Å². The highest BCUT2D eigenvalue weighted by molar-refractivity contribution is 5.99. The van der Waals surface area contributed by atoms with E-state index in [2.05, 4.69) is 0 Å². The van der Waals surface area contributed by atoms with E-state index < -0.39 is 16.2 Å². The monoisotopic (exact) mass is 273 g/mol. The minimum atomic E-state index is -0.744. The third-order valence-corrected chi connectivity index (χ3v) is 5.93. The predicted molar refractivity (Wildman–Crippen MR) is 71.0 cm³/mol. The Morgan fingerprint density at radius 1 is 1.20 bits per heavy atom. The summed E-state index contributed by atoms with van der Waals surface area (Å²) < 4.78 is 0. The molecule has 0 heterocycles. The van der Waals surface area contributed by atoms with Gasteiger partial charge in [-0.3, -0.25) is 9.59 Å². The summed E-state index contributed by atoms with van der Waals surface area (Å²) in [6.07, 6.45) is 1.61. The van der Waals surface area contributed by atoms with Crippen molar-refractivity contribution in [1.82, 2.24) is 4.90 Å². The number of hydrogen-bond donors (Lipinski definition) is 0. The van der Waals surface area contributed by atoms with Crippen LogP contribution in [-0.4, -0.2) is 29.7 Å². The molecule has 2 rings (SSSR count). The van der Waals surface area contributed by atoms with Crippen molar-refractivity contribution >= 4 is 11.7 Å². The molecule has 2 aliphatic carbocycles. The maximum atomic E-state index is 12.9. The lowest BCUT2D eigenvalue weighted by atomic mass is 9.64. The van der Waals surface area contributed by atoms with Crippen molar-refractivity contribution in [2.75, 3.05) is 13.1 Å². The molecule has 5 heteroatoms. The molecule has 0 spiro atoms. The lowest BCUT2D eigenvalue weighted by molar-refractivity contribution is -0.146. The third kappa shape index (κ3) is 1.47. The standard InChI is InChI=1S/C15H19N3O2/c1-13(2)14(3)4-5-15(13,10-11(14)19)12(20)18(8-6-16)9-7-17/h4-5,8-10H2,1-3H3/t14-,15+/m1/s1. The van der Waals surface area contributed by atoms with Crippen molar-refractivity contribution in [3.05, 3.63) is 0 Å². The molecule has 0 aromatic heterocycles. The van der Waals surface area contributed by atoms with Gasteiger partial charge in [0.1, 0.15) is 18.9 Å². The highest BCUT2D eigenvalue weighted by atomic mass is 16.2. The number of Topliss-reactive ketones (excluding diaryl/α,β-unsaturated/α-hetero) is 1. The Morgan fingerprint density at radius 2 is 1.75 bits per heavy atom. The quantitative estimate of drug-likeness (QED) is 0.732. The molecule has 5 nitrogen and oxygen atoms in total. The van der Waals surface area contributed by atoms with Gasteiger partial charge in [0, 0.05) is 11.8 Å².